The standard InChI is InChI=1S/C35H48N6O7/c1-4-5-9-22-48-35(47)41-20-18-40(19-21-41)34(46)28(12-13-31(42)43)37-32(44)30-24-27(23-29(36-30)26-10-7-6-8-11-26)38-14-16-39(17-15-38)33(45)25(2)3/h6-8,10-11,23-25,28H,4-5,9,12-22H2,1-3H3,(H,37,44)(H,42,43)/t28-/m0/s1. The summed E-state index contributed by atoms with van der Waals surface area (Å²) in [7, 11) is 0. The number of unbranched alkanes of at least 4 members (excludes halogenated alkanes) is 2. The maximum Gasteiger partial charge on any atom is 0.409 e. The molecule has 2 N–H and O–H groups in total. The molecule has 2 saturated heterocycles. The van der Waals surface area contributed by atoms with Gasteiger partial charge in [0, 0.05) is 75.9 Å². The summed E-state index contributed by atoms with van der Waals surface area (Å²) in [5.41, 5.74) is 2.24. The highest BCUT2D eigenvalue weighted by atomic mass is 16.6. The molecular weight excluding hydrogens is 616 g/mol. The number of benzene rings is 1. The predicted octanol–water partition coefficient (Wildman–Crippen LogP) is 3.49. The minimum atomic E-state index is -1.10. The van der Waals surface area contributed by atoms with Crippen LogP contribution in [0.1, 0.15) is 63.4 Å². The van der Waals surface area contributed by atoms with Gasteiger partial charge in [-0.15, -0.1) is 0 Å². The van der Waals surface area contributed by atoms with Crippen LogP contribution in [0.5, 0.6) is 0 Å². The van der Waals surface area contributed by atoms with Gasteiger partial charge in [0.2, 0.25) is 11.8 Å². The molecule has 13 nitrogen and oxygen atoms in total. The van der Waals surface area contributed by atoms with Crippen molar-refractivity contribution in [3.63, 3.8) is 0 Å². The number of rotatable bonds is 13. The zero-order valence-electron chi connectivity index (χ0n) is 28.2. The molecule has 3 heterocycles. The topological polar surface area (TPSA) is 153 Å². The van der Waals surface area contributed by atoms with Gasteiger partial charge < -0.3 is 34.8 Å². The zero-order valence-corrected chi connectivity index (χ0v) is 28.2. The van der Waals surface area contributed by atoms with Crippen molar-refractivity contribution in [3.05, 3.63) is 48.2 Å². The van der Waals surface area contributed by atoms with E-state index >= 15 is 0 Å². The Hall–Kier alpha value is -4.68. The Morgan fingerprint density at radius 1 is 0.854 bits per heavy atom. The van der Waals surface area contributed by atoms with Crippen LogP contribution in [-0.2, 0) is 19.1 Å². The van der Waals surface area contributed by atoms with Crippen LogP contribution in [0.4, 0.5) is 10.5 Å². The van der Waals surface area contributed by atoms with Crippen molar-refractivity contribution >= 4 is 35.5 Å². The second-order valence-corrected chi connectivity index (χ2v) is 12.5. The fourth-order valence-corrected chi connectivity index (χ4v) is 5.81. The molecule has 0 spiro atoms. The molecule has 0 saturated carbocycles. The van der Waals surface area contributed by atoms with Gasteiger partial charge in [-0.1, -0.05) is 63.9 Å². The lowest BCUT2D eigenvalue weighted by Crippen LogP contribution is -2.56. The van der Waals surface area contributed by atoms with E-state index in [0.29, 0.717) is 38.5 Å². The molecular formula is C35H48N6O7. The number of ether oxygens (including phenoxy) is 1. The monoisotopic (exact) mass is 664 g/mol. The first-order valence-corrected chi connectivity index (χ1v) is 16.9. The maximum absolute atomic E-state index is 13.8. The number of carbonyl (C=O) groups is 5. The number of hydrogen-bond donors (Lipinski definition) is 2. The van der Waals surface area contributed by atoms with E-state index in [2.05, 4.69) is 22.1 Å². The number of hydrogen-bond acceptors (Lipinski definition) is 8. The number of carbonyl (C=O) groups excluding carboxylic acids is 4. The van der Waals surface area contributed by atoms with E-state index in [1.165, 1.54) is 0 Å². The summed E-state index contributed by atoms with van der Waals surface area (Å²) < 4.78 is 5.35. The third-order valence-electron chi connectivity index (χ3n) is 8.64. The molecule has 0 bridgehead atoms. The number of aromatic nitrogens is 1. The van der Waals surface area contributed by atoms with Gasteiger partial charge in [-0.25, -0.2) is 9.78 Å². The Kier molecular flexibility index (Phi) is 13.2. The number of carboxylic acids is 1. The van der Waals surface area contributed by atoms with E-state index < -0.39 is 29.9 Å². The summed E-state index contributed by atoms with van der Waals surface area (Å²) in [6.45, 7) is 9.48. The first-order valence-electron chi connectivity index (χ1n) is 16.9. The fraction of sp³-hybridized carbons (Fsp3) is 0.543. The summed E-state index contributed by atoms with van der Waals surface area (Å²) in [5, 5.41) is 12.2. The molecule has 0 aliphatic carbocycles. The van der Waals surface area contributed by atoms with E-state index in [9.17, 15) is 29.1 Å². The normalized spacial score (nSPS) is 15.7. The Labute approximate surface area is 282 Å². The van der Waals surface area contributed by atoms with Crippen molar-refractivity contribution in [2.45, 2.75) is 58.9 Å². The molecule has 1 atom stereocenters. The van der Waals surface area contributed by atoms with E-state index in [1.807, 2.05) is 55.1 Å². The maximum atomic E-state index is 13.8. The van der Waals surface area contributed by atoms with E-state index in [1.54, 1.807) is 15.9 Å². The van der Waals surface area contributed by atoms with Crippen LogP contribution in [0, 0.1) is 5.92 Å². The minimum absolute atomic E-state index is 0.0880. The molecule has 4 rings (SSSR count). The van der Waals surface area contributed by atoms with Crippen LogP contribution in [0.15, 0.2) is 42.5 Å². The van der Waals surface area contributed by atoms with Gasteiger partial charge in [0.15, 0.2) is 0 Å². The molecule has 13 heteroatoms. The highest BCUT2D eigenvalue weighted by Crippen LogP contribution is 2.26. The van der Waals surface area contributed by atoms with Gasteiger partial charge in [0.05, 0.1) is 12.3 Å². The third-order valence-corrected chi connectivity index (χ3v) is 8.64. The van der Waals surface area contributed by atoms with Gasteiger partial charge in [0.25, 0.3) is 5.91 Å². The smallest absolute Gasteiger partial charge is 0.409 e. The summed E-state index contributed by atoms with van der Waals surface area (Å²) in [6.07, 6.45) is 1.96. The molecule has 260 valence electrons. The molecule has 1 aromatic heterocycles. The predicted molar refractivity (Wildman–Crippen MR) is 180 cm³/mol. The molecule has 1 aromatic carbocycles. The summed E-state index contributed by atoms with van der Waals surface area (Å²) in [5.74, 6) is -2.07. The largest absolute Gasteiger partial charge is 0.481 e. The number of piperazine rings is 2. The molecule has 0 unspecified atom stereocenters. The molecule has 2 aliphatic heterocycles. The highest BCUT2D eigenvalue weighted by Gasteiger charge is 2.32. The number of anilines is 1. The quantitative estimate of drug-likeness (QED) is 0.307. The van der Waals surface area contributed by atoms with Gasteiger partial charge in [0.1, 0.15) is 11.7 Å². The van der Waals surface area contributed by atoms with E-state index in [-0.39, 0.29) is 56.5 Å². The highest BCUT2D eigenvalue weighted by molar-refractivity contribution is 5.97. The summed E-state index contributed by atoms with van der Waals surface area (Å²) in [6, 6.07) is 11.9. The fourth-order valence-electron chi connectivity index (χ4n) is 5.81. The Morgan fingerprint density at radius 3 is 2.10 bits per heavy atom. The van der Waals surface area contributed by atoms with Gasteiger partial charge >= 0.3 is 12.1 Å². The molecule has 48 heavy (non-hydrogen) atoms. The first kappa shape index (κ1) is 36.2. The van der Waals surface area contributed by atoms with Crippen molar-refractivity contribution in [3.8, 4) is 11.3 Å². The van der Waals surface area contributed by atoms with Crippen LogP contribution in [0.25, 0.3) is 11.3 Å². The number of nitrogens with one attached hydrogen (secondary N) is 1. The van der Waals surface area contributed by atoms with E-state index in [0.717, 1.165) is 30.5 Å². The van der Waals surface area contributed by atoms with Crippen molar-refractivity contribution in [1.29, 1.82) is 0 Å². The molecule has 2 fully saturated rings. The minimum Gasteiger partial charge on any atom is -0.481 e. The average Bonchev–Trinajstić information content (AvgIpc) is 3.11. The SMILES string of the molecule is CCCCCOC(=O)N1CCN(C(=O)[C@H](CCC(=O)O)NC(=O)c2cc(N3CCN(C(=O)C(C)C)CC3)cc(-c3ccccc3)n2)CC1. The molecule has 2 aliphatic rings. The Morgan fingerprint density at radius 2 is 1.48 bits per heavy atom. The molecule has 4 amide bonds. The molecule has 0 radical (unpaired) electrons. The zero-order chi connectivity index (χ0) is 34.6. The lowest BCUT2D eigenvalue weighted by Gasteiger charge is -2.37. The molecule has 2 aromatic rings. The van der Waals surface area contributed by atoms with Gasteiger partial charge in [-0.2, -0.15) is 0 Å². The second-order valence-electron chi connectivity index (χ2n) is 12.5. The van der Waals surface area contributed by atoms with Crippen molar-refractivity contribution < 1.29 is 33.8 Å². The number of carboxylic acid groups (broad SMARTS) is 1. The van der Waals surface area contributed by atoms with Crippen LogP contribution in [0.3, 0.4) is 0 Å². The van der Waals surface area contributed by atoms with Gasteiger partial charge in [-0.3, -0.25) is 19.2 Å². The Balaban J connectivity index is 1.49. The van der Waals surface area contributed by atoms with Crippen molar-refractivity contribution in [2.24, 2.45) is 5.92 Å². The summed E-state index contributed by atoms with van der Waals surface area (Å²) >= 11 is 0. The van der Waals surface area contributed by atoms with E-state index in [4.69, 9.17) is 4.74 Å². The third kappa shape index (κ3) is 9.91. The van der Waals surface area contributed by atoms with Crippen LogP contribution >= 0.6 is 0 Å². The van der Waals surface area contributed by atoms with Crippen molar-refractivity contribution in [1.82, 2.24) is 25.0 Å². The van der Waals surface area contributed by atoms with Gasteiger partial charge in [-0.05, 0) is 25.0 Å². The number of pyridine rings is 1. The summed E-state index contributed by atoms with van der Waals surface area (Å²) in [4.78, 5) is 75.6. The average molecular weight is 665 g/mol. The lowest BCUT2D eigenvalue weighted by molar-refractivity contribution is -0.138. The second kappa shape index (κ2) is 17.5. The number of nitrogens with zero attached hydrogens (tertiary/aromatic N) is 5. The van der Waals surface area contributed by atoms with Crippen LogP contribution in [0.2, 0.25) is 0 Å². The van der Waals surface area contributed by atoms with Crippen LogP contribution < -0.4 is 10.2 Å². The number of aliphatic carboxylic acids is 1. The van der Waals surface area contributed by atoms with Crippen LogP contribution in [-0.4, -0.2) is 120 Å². The Bertz CT molecular complexity index is 1420. The number of amides is 4. The first-order chi connectivity index (χ1) is 23.1. The lowest BCUT2D eigenvalue weighted by atomic mass is 10.1. The van der Waals surface area contributed by atoms with Crippen molar-refractivity contribution in [2.75, 3.05) is 63.9 Å².